The number of carbonyl (C=O) groups is 4. The van der Waals surface area contributed by atoms with E-state index < -0.39 is 58.7 Å². The molecule has 36 heavy (non-hydrogen) atoms. The Kier molecular flexibility index (Phi) is 6.35. The van der Waals surface area contributed by atoms with Crippen molar-refractivity contribution in [3.05, 3.63) is 69.7 Å². The van der Waals surface area contributed by atoms with Crippen molar-refractivity contribution in [1.82, 2.24) is 15.0 Å². The van der Waals surface area contributed by atoms with E-state index in [2.05, 4.69) is 0 Å². The van der Waals surface area contributed by atoms with Gasteiger partial charge in [-0.05, 0) is 41.0 Å². The Balaban J connectivity index is 1.52. The molecule has 2 aliphatic rings. The summed E-state index contributed by atoms with van der Waals surface area (Å²) in [5.74, 6) is -8.03. The molecule has 4 amide bonds. The van der Waals surface area contributed by atoms with Crippen molar-refractivity contribution in [3.63, 3.8) is 0 Å². The number of amides is 4. The van der Waals surface area contributed by atoms with E-state index in [9.17, 15) is 28.0 Å². The maximum Gasteiger partial charge on any atom is 0.348 e. The molecule has 4 rings (SSSR count). The number of hydrogen-bond acceptors (Lipinski definition) is 4. The number of nitrogens with one attached hydrogen (secondary N) is 1. The summed E-state index contributed by atoms with van der Waals surface area (Å²) in [5, 5.41) is 0.222. The number of nitrogens with zero attached hydrogens (tertiary/aromatic N) is 2. The van der Waals surface area contributed by atoms with Gasteiger partial charge in [0.1, 0.15) is 7.85 Å². The lowest BCUT2D eigenvalue weighted by Gasteiger charge is -2.46. The Morgan fingerprint density at radius 2 is 1.72 bits per heavy atom. The average molecular weight is 501 g/mol. The maximum atomic E-state index is 14.7. The predicted octanol–water partition coefficient (Wildman–Crippen LogP) is 0.864. The van der Waals surface area contributed by atoms with E-state index in [0.29, 0.717) is 15.9 Å². The summed E-state index contributed by atoms with van der Waals surface area (Å²) < 4.78 is 29.3. The number of fused-ring (bicyclic) bond motifs is 1. The number of carbonyl (C=O) groups excluding carboxylic acids is 4. The molecule has 1 saturated heterocycles. The number of alkyl halides is 2. The summed E-state index contributed by atoms with van der Waals surface area (Å²) in [4.78, 5) is 51.2. The minimum atomic E-state index is -3.91. The minimum absolute atomic E-state index is 0.157. The number of rotatable bonds is 5. The fourth-order valence-corrected chi connectivity index (χ4v) is 4.30. The molecule has 2 aromatic carbocycles. The van der Waals surface area contributed by atoms with Gasteiger partial charge in [-0.2, -0.15) is 8.78 Å². The Morgan fingerprint density at radius 3 is 2.36 bits per heavy atom. The van der Waals surface area contributed by atoms with Crippen LogP contribution in [-0.2, 0) is 33.4 Å². The quantitative estimate of drug-likeness (QED) is 0.487. The highest BCUT2D eigenvalue weighted by atomic mass is 35.5. The van der Waals surface area contributed by atoms with Crippen LogP contribution in [0, 0.1) is 0 Å². The van der Waals surface area contributed by atoms with Crippen LogP contribution in [0.15, 0.2) is 42.5 Å². The number of piperidine rings is 1. The Bertz CT molecular complexity index is 1290. The lowest BCUT2D eigenvalue weighted by atomic mass is 9.45. The molecule has 2 aliphatic heterocycles. The summed E-state index contributed by atoms with van der Waals surface area (Å²) in [7, 11) is 23.4. The van der Waals surface area contributed by atoms with Crippen molar-refractivity contribution in [3.8, 4) is 0 Å². The molecule has 14 heteroatoms. The van der Waals surface area contributed by atoms with Crippen LogP contribution in [0.1, 0.15) is 33.5 Å². The van der Waals surface area contributed by atoms with E-state index in [0.717, 1.165) is 17.0 Å². The first-order valence-electron chi connectivity index (χ1n) is 10.5. The van der Waals surface area contributed by atoms with Crippen molar-refractivity contribution in [2.24, 2.45) is 0 Å². The van der Waals surface area contributed by atoms with E-state index in [-0.39, 0.29) is 17.1 Å². The zero-order chi connectivity index (χ0) is 26.6. The largest absolute Gasteiger partial charge is 0.387 e. The molecule has 2 heterocycles. The third-order valence-corrected chi connectivity index (χ3v) is 6.40. The van der Waals surface area contributed by atoms with Crippen LogP contribution >= 0.6 is 11.6 Å². The third kappa shape index (κ3) is 4.34. The minimum Gasteiger partial charge on any atom is -0.387 e. The summed E-state index contributed by atoms with van der Waals surface area (Å²) in [6.07, 6.45) is -0.526. The highest BCUT2D eigenvalue weighted by Crippen LogP contribution is 2.39. The van der Waals surface area contributed by atoms with Gasteiger partial charge in [0.05, 0.1) is 21.1 Å². The number of benzene rings is 2. The maximum absolute atomic E-state index is 14.7. The van der Waals surface area contributed by atoms with Gasteiger partial charge in [0.25, 0.3) is 11.8 Å². The number of halogens is 3. The molecule has 0 aliphatic carbocycles. The van der Waals surface area contributed by atoms with Crippen LogP contribution in [-0.4, -0.2) is 70.3 Å². The Labute approximate surface area is 215 Å². The van der Waals surface area contributed by atoms with Gasteiger partial charge in [0.15, 0.2) is 0 Å². The molecule has 1 atom stereocenters. The molecule has 1 fully saturated rings. The monoisotopic (exact) mass is 501 g/mol. The average Bonchev–Trinajstić information content (AvgIpc) is 3.13. The van der Waals surface area contributed by atoms with Crippen LogP contribution in [0.2, 0.25) is 10.2 Å². The van der Waals surface area contributed by atoms with E-state index in [1.165, 1.54) is 30.3 Å². The summed E-state index contributed by atoms with van der Waals surface area (Å²) in [6.45, 7) is -0.559. The van der Waals surface area contributed by atoms with Crippen molar-refractivity contribution in [2.45, 2.75) is 36.1 Å². The van der Waals surface area contributed by atoms with Gasteiger partial charge in [-0.1, -0.05) is 35.9 Å². The summed E-state index contributed by atoms with van der Waals surface area (Å²) in [5.41, 5.74) is -1.65. The molecule has 0 saturated carbocycles. The second-order valence-corrected chi connectivity index (χ2v) is 9.26. The molecule has 1 N–H and O–H groups in total. The van der Waals surface area contributed by atoms with Crippen molar-refractivity contribution in [2.75, 3.05) is 0 Å². The highest BCUT2D eigenvalue weighted by Gasteiger charge is 2.53. The molecule has 1 unspecified atom stereocenters. The molecule has 7 nitrogen and oxygen atoms in total. The molecule has 2 aromatic rings. The van der Waals surface area contributed by atoms with Gasteiger partial charge >= 0.3 is 5.92 Å². The molecule has 174 valence electrons. The molecule has 0 spiro atoms. The fraction of sp³-hybridized carbons (Fsp3) is 0.273. The number of hydrogen-bond donors (Lipinski definition) is 1. The normalized spacial score (nSPS) is 21.2. The van der Waals surface area contributed by atoms with Gasteiger partial charge < -0.3 is 9.71 Å². The predicted molar refractivity (Wildman–Crippen MR) is 128 cm³/mol. The second kappa shape index (κ2) is 8.80. The Hall–Kier alpha value is -3.07. The highest BCUT2D eigenvalue weighted by molar-refractivity contribution is 6.53. The molecule has 0 bridgehead atoms. The second-order valence-electron chi connectivity index (χ2n) is 8.82. The third-order valence-electron chi connectivity index (χ3n) is 6.15. The molecule has 0 aromatic heterocycles. The van der Waals surface area contributed by atoms with E-state index >= 15 is 0 Å². The fourth-order valence-electron chi connectivity index (χ4n) is 4.18. The lowest BCUT2D eigenvalue weighted by Crippen LogP contribution is -2.67. The topological polar surface area (TPSA) is 86.8 Å². The van der Waals surface area contributed by atoms with Gasteiger partial charge in [-0.15, -0.1) is 0 Å². The van der Waals surface area contributed by atoms with Crippen molar-refractivity contribution < 1.29 is 28.0 Å². The zero-order valence-corrected chi connectivity index (χ0v) is 19.4. The first-order chi connectivity index (χ1) is 16.7. The van der Waals surface area contributed by atoms with E-state index in [1.54, 1.807) is 0 Å². The van der Waals surface area contributed by atoms with Crippen LogP contribution in [0.5, 0.6) is 0 Å². The summed E-state index contributed by atoms with van der Waals surface area (Å²) >= 11 is 5.72. The van der Waals surface area contributed by atoms with E-state index in [4.69, 9.17) is 43.1 Å². The van der Waals surface area contributed by atoms with Crippen molar-refractivity contribution >= 4 is 66.7 Å². The van der Waals surface area contributed by atoms with E-state index in [1.807, 2.05) is 5.32 Å². The van der Waals surface area contributed by atoms with Crippen LogP contribution in [0.25, 0.3) is 0 Å². The molecular weight excluding hydrogens is 487 g/mol. The van der Waals surface area contributed by atoms with Gasteiger partial charge in [0, 0.05) is 29.2 Å². The van der Waals surface area contributed by atoms with Gasteiger partial charge in [-0.3, -0.25) is 24.5 Å². The Morgan fingerprint density at radius 1 is 1.08 bits per heavy atom. The van der Waals surface area contributed by atoms with Gasteiger partial charge in [-0.25, -0.2) is 0 Å². The smallest absolute Gasteiger partial charge is 0.348 e. The van der Waals surface area contributed by atoms with Crippen molar-refractivity contribution in [1.29, 1.82) is 0 Å². The SMILES string of the molecule is [B]N(Cc1ccc2c(c1)CN(C1([B])CC([B])([B])C(=O)NC1=O)C2=O)C(=O)C(F)(F)c1ccc(Cl)cc1. The van der Waals surface area contributed by atoms with Crippen LogP contribution in [0.3, 0.4) is 0 Å². The first kappa shape index (κ1) is 26.0. The standard InChI is InChI=1S/C22H14B4ClF2N3O4/c23-20(24)10-21(25,18(35)30-17(20)34)31-9-12-7-11(1-6-15(12)16(31)33)8-32(26)19(36)22(28,29)13-2-4-14(27)5-3-13/h1-7H,8-10H2,(H,30,34,35). The number of imide groups is 1. The van der Waals surface area contributed by atoms with Gasteiger partial charge in [0.2, 0.25) is 19.8 Å². The summed E-state index contributed by atoms with van der Waals surface area (Å²) in [6, 6.07) is 8.82. The molecular formula is C22H14B4ClF2N3O4. The van der Waals surface area contributed by atoms with Crippen LogP contribution < -0.4 is 5.32 Å². The zero-order valence-electron chi connectivity index (χ0n) is 18.6. The molecule has 8 radical (unpaired) electrons. The lowest BCUT2D eigenvalue weighted by molar-refractivity contribution is -0.154. The van der Waals surface area contributed by atoms with Crippen LogP contribution in [0.4, 0.5) is 8.78 Å². The first-order valence-corrected chi connectivity index (χ1v) is 10.9.